The fraction of sp³-hybridized carbons (Fsp3) is 0.615. The van der Waals surface area contributed by atoms with Crippen LogP contribution in [-0.4, -0.2) is 71.3 Å². The molecule has 0 unspecified atom stereocenters. The molecule has 1 saturated heterocycles. The van der Waals surface area contributed by atoms with Gasteiger partial charge in [-0.3, -0.25) is 4.79 Å². The predicted octanol–water partition coefficient (Wildman–Crippen LogP) is -0.723. The molecule has 2 bridgehead atoms. The standard InChI is InChI=1S/C13H18FN3O6/c1-3-22-12(20)10(14)23-17-8-4-7(2)9(11(19)15-6-18)16(5-8)13(17)21/h4,8-10,18H,3,5-6H2,1-2H3,(H,15,19)/t8-,9-,10+/m0/s1. The number of carbonyl (C=O) groups is 3. The average molecular weight is 331 g/mol. The molecule has 0 saturated carbocycles. The fourth-order valence-corrected chi connectivity index (χ4v) is 2.60. The second-order valence-corrected chi connectivity index (χ2v) is 5.01. The lowest BCUT2D eigenvalue weighted by Gasteiger charge is -2.28. The first-order valence-corrected chi connectivity index (χ1v) is 7.04. The molecule has 0 aromatic rings. The van der Waals surface area contributed by atoms with Crippen LogP contribution in [0.3, 0.4) is 0 Å². The lowest BCUT2D eigenvalue weighted by Crippen LogP contribution is -2.50. The topological polar surface area (TPSA) is 108 Å². The van der Waals surface area contributed by atoms with E-state index in [0.717, 1.165) is 5.06 Å². The van der Waals surface area contributed by atoms with Crippen LogP contribution in [-0.2, 0) is 19.2 Å². The van der Waals surface area contributed by atoms with E-state index in [0.29, 0.717) is 5.57 Å². The highest BCUT2D eigenvalue weighted by Gasteiger charge is 2.48. The highest BCUT2D eigenvalue weighted by molar-refractivity contribution is 5.91. The Labute approximate surface area is 131 Å². The Morgan fingerprint density at radius 2 is 2.26 bits per heavy atom. The minimum absolute atomic E-state index is 0.0193. The zero-order valence-corrected chi connectivity index (χ0v) is 12.7. The number of alkyl halides is 1. The highest BCUT2D eigenvalue weighted by Crippen LogP contribution is 2.30. The maximum atomic E-state index is 13.7. The molecular formula is C13H18FN3O6. The van der Waals surface area contributed by atoms with Gasteiger partial charge in [-0.1, -0.05) is 6.08 Å². The van der Waals surface area contributed by atoms with Gasteiger partial charge in [0.2, 0.25) is 5.91 Å². The molecule has 0 radical (unpaired) electrons. The smallest absolute Gasteiger partial charge is 0.370 e. The first-order chi connectivity index (χ1) is 10.9. The molecule has 2 heterocycles. The monoisotopic (exact) mass is 331 g/mol. The van der Waals surface area contributed by atoms with Crippen LogP contribution >= 0.6 is 0 Å². The van der Waals surface area contributed by atoms with Crippen molar-refractivity contribution < 1.29 is 33.5 Å². The largest absolute Gasteiger partial charge is 0.462 e. The lowest BCUT2D eigenvalue weighted by atomic mass is 10.0. The highest BCUT2D eigenvalue weighted by atomic mass is 19.1. The van der Waals surface area contributed by atoms with E-state index in [1.807, 2.05) is 0 Å². The molecule has 2 N–H and O–H groups in total. The number of amides is 3. The van der Waals surface area contributed by atoms with Gasteiger partial charge in [0.05, 0.1) is 19.2 Å². The molecule has 2 rings (SSSR count). The quantitative estimate of drug-likeness (QED) is 0.378. The number of nitrogens with zero attached hydrogens (tertiary/aromatic N) is 2. The van der Waals surface area contributed by atoms with Gasteiger partial charge in [-0.05, 0) is 19.4 Å². The Bertz CT molecular complexity index is 540. The van der Waals surface area contributed by atoms with Gasteiger partial charge in [-0.2, -0.15) is 5.06 Å². The molecule has 2 aliphatic rings. The molecule has 23 heavy (non-hydrogen) atoms. The zero-order chi connectivity index (χ0) is 17.1. The molecule has 3 atom stereocenters. The molecule has 3 amide bonds. The Hall–Kier alpha value is -2.20. The molecule has 9 nitrogen and oxygen atoms in total. The minimum Gasteiger partial charge on any atom is -0.462 e. The van der Waals surface area contributed by atoms with E-state index in [9.17, 15) is 18.8 Å². The normalized spacial score (nSPS) is 24.3. The average Bonchev–Trinajstić information content (AvgIpc) is 2.73. The third kappa shape index (κ3) is 3.27. The summed E-state index contributed by atoms with van der Waals surface area (Å²) in [5.74, 6) is -1.79. The van der Waals surface area contributed by atoms with E-state index in [-0.39, 0.29) is 13.2 Å². The zero-order valence-electron chi connectivity index (χ0n) is 12.7. The van der Waals surface area contributed by atoms with Gasteiger partial charge < -0.3 is 20.1 Å². The molecule has 10 heteroatoms. The van der Waals surface area contributed by atoms with Gasteiger partial charge in [0.25, 0.3) is 0 Å². The maximum Gasteiger partial charge on any atom is 0.370 e. The summed E-state index contributed by atoms with van der Waals surface area (Å²) < 4.78 is 18.2. The summed E-state index contributed by atoms with van der Waals surface area (Å²) in [4.78, 5) is 41.5. The summed E-state index contributed by atoms with van der Waals surface area (Å²) in [5.41, 5.74) is 0.554. The van der Waals surface area contributed by atoms with Crippen molar-refractivity contribution >= 4 is 17.9 Å². The number of carbonyl (C=O) groups excluding carboxylic acids is 3. The number of hydroxylamine groups is 2. The number of rotatable bonds is 6. The Morgan fingerprint density at radius 3 is 2.87 bits per heavy atom. The molecular weight excluding hydrogens is 313 g/mol. The molecule has 0 aromatic carbocycles. The van der Waals surface area contributed by atoms with Crippen LogP contribution in [0, 0.1) is 0 Å². The van der Waals surface area contributed by atoms with Gasteiger partial charge in [0.1, 0.15) is 12.8 Å². The predicted molar refractivity (Wildman–Crippen MR) is 73.1 cm³/mol. The van der Waals surface area contributed by atoms with Crippen LogP contribution in [0.25, 0.3) is 0 Å². The molecule has 128 valence electrons. The van der Waals surface area contributed by atoms with Crippen molar-refractivity contribution in [2.45, 2.75) is 32.3 Å². The third-order valence-electron chi connectivity index (χ3n) is 3.50. The van der Waals surface area contributed by atoms with Crippen molar-refractivity contribution in [3.63, 3.8) is 0 Å². The number of fused-ring (bicyclic) bond motifs is 2. The summed E-state index contributed by atoms with van der Waals surface area (Å²) >= 11 is 0. The van der Waals surface area contributed by atoms with Crippen molar-refractivity contribution in [3.05, 3.63) is 11.6 Å². The van der Waals surface area contributed by atoms with Crippen molar-refractivity contribution in [3.8, 4) is 0 Å². The summed E-state index contributed by atoms with van der Waals surface area (Å²) in [7, 11) is 0. The Balaban J connectivity index is 2.12. The van der Waals surface area contributed by atoms with Crippen LogP contribution in [0.2, 0.25) is 0 Å². The fourth-order valence-electron chi connectivity index (χ4n) is 2.60. The second-order valence-electron chi connectivity index (χ2n) is 5.01. The van der Waals surface area contributed by atoms with Gasteiger partial charge in [0.15, 0.2) is 0 Å². The van der Waals surface area contributed by atoms with Gasteiger partial charge in [0, 0.05) is 0 Å². The number of nitrogens with one attached hydrogen (secondary N) is 1. The third-order valence-corrected chi connectivity index (χ3v) is 3.50. The molecule has 0 aliphatic carbocycles. The van der Waals surface area contributed by atoms with Crippen molar-refractivity contribution in [2.24, 2.45) is 0 Å². The second kappa shape index (κ2) is 6.92. The van der Waals surface area contributed by atoms with Gasteiger partial charge in [-0.25, -0.2) is 18.8 Å². The number of halogens is 1. The number of hydrogen-bond acceptors (Lipinski definition) is 6. The number of aliphatic hydroxyl groups excluding tert-OH is 1. The summed E-state index contributed by atoms with van der Waals surface area (Å²) in [6.07, 6.45) is -0.848. The number of esters is 1. The summed E-state index contributed by atoms with van der Waals surface area (Å²) in [6.45, 7) is 2.67. The van der Waals surface area contributed by atoms with Crippen molar-refractivity contribution in [1.82, 2.24) is 15.3 Å². The molecule has 2 aliphatic heterocycles. The number of hydrogen-bond donors (Lipinski definition) is 2. The van der Waals surface area contributed by atoms with Crippen molar-refractivity contribution in [2.75, 3.05) is 19.9 Å². The number of aliphatic hydroxyl groups is 1. The van der Waals surface area contributed by atoms with Gasteiger partial charge in [-0.15, -0.1) is 0 Å². The molecule has 0 aromatic heterocycles. The lowest BCUT2D eigenvalue weighted by molar-refractivity contribution is -0.223. The Morgan fingerprint density at radius 1 is 1.57 bits per heavy atom. The van der Waals surface area contributed by atoms with Crippen LogP contribution in [0.15, 0.2) is 11.6 Å². The van der Waals surface area contributed by atoms with E-state index in [2.05, 4.69) is 10.1 Å². The maximum absolute atomic E-state index is 13.7. The van der Waals surface area contributed by atoms with Crippen LogP contribution < -0.4 is 5.32 Å². The van der Waals surface area contributed by atoms with E-state index >= 15 is 0 Å². The van der Waals surface area contributed by atoms with Crippen LogP contribution in [0.4, 0.5) is 9.18 Å². The Kier molecular flexibility index (Phi) is 5.16. The molecule has 0 spiro atoms. The SMILES string of the molecule is CCOC(=O)[C@H](F)ON1C(=O)N2C[C@@H]1C=C(C)[C@H]2C(=O)NCO. The number of urea groups is 1. The van der Waals surface area contributed by atoms with E-state index in [1.54, 1.807) is 13.0 Å². The first kappa shape index (κ1) is 17.2. The van der Waals surface area contributed by atoms with Crippen LogP contribution in [0.1, 0.15) is 13.8 Å². The summed E-state index contributed by atoms with van der Waals surface area (Å²) in [6, 6.07) is -2.28. The van der Waals surface area contributed by atoms with E-state index in [4.69, 9.17) is 9.94 Å². The first-order valence-electron chi connectivity index (χ1n) is 7.04. The number of ether oxygens (including phenoxy) is 1. The van der Waals surface area contributed by atoms with E-state index < -0.39 is 43.1 Å². The molecule has 1 fully saturated rings. The van der Waals surface area contributed by atoms with E-state index in [1.165, 1.54) is 11.8 Å². The minimum atomic E-state index is -2.43. The van der Waals surface area contributed by atoms with Crippen molar-refractivity contribution in [1.29, 1.82) is 0 Å². The summed E-state index contributed by atoms with van der Waals surface area (Å²) in [5, 5.41) is 11.7. The van der Waals surface area contributed by atoms with Crippen LogP contribution in [0.5, 0.6) is 0 Å². The van der Waals surface area contributed by atoms with Gasteiger partial charge >= 0.3 is 18.4 Å².